The predicted molar refractivity (Wildman–Crippen MR) is 117 cm³/mol. The largest absolute Gasteiger partial charge is 0.493 e. The second-order valence-electron chi connectivity index (χ2n) is 7.02. The first-order valence-electron chi connectivity index (χ1n) is 9.87. The van der Waals surface area contributed by atoms with Crippen molar-refractivity contribution in [1.82, 2.24) is 10.6 Å². The maximum Gasteiger partial charge on any atom is 0.319 e. The molecule has 0 aromatic heterocycles. The van der Waals surface area contributed by atoms with E-state index >= 15 is 0 Å². The molecule has 3 N–H and O–H groups in total. The quantitative estimate of drug-likeness (QED) is 0.589. The van der Waals surface area contributed by atoms with E-state index in [9.17, 15) is 9.59 Å². The summed E-state index contributed by atoms with van der Waals surface area (Å²) in [5.41, 5.74) is 2.40. The summed E-state index contributed by atoms with van der Waals surface area (Å²) >= 11 is 0. The lowest BCUT2D eigenvalue weighted by Gasteiger charge is -2.30. The fraction of sp³-hybridized carbons (Fsp3) is 0.167. The van der Waals surface area contributed by atoms with Gasteiger partial charge in [0.25, 0.3) is 5.91 Å². The zero-order valence-corrected chi connectivity index (χ0v) is 16.9. The van der Waals surface area contributed by atoms with Crippen LogP contribution in [0.5, 0.6) is 5.75 Å². The monoisotopic (exact) mass is 401 g/mol. The predicted octanol–water partition coefficient (Wildman–Crippen LogP) is 4.51. The highest BCUT2D eigenvalue weighted by atomic mass is 16.5. The van der Waals surface area contributed by atoms with Crippen molar-refractivity contribution >= 4 is 28.4 Å². The first-order valence-corrected chi connectivity index (χ1v) is 9.87. The normalized spacial score (nSPS) is 16.1. The van der Waals surface area contributed by atoms with Gasteiger partial charge in [0.2, 0.25) is 0 Å². The molecule has 3 amide bonds. The zero-order chi connectivity index (χ0) is 21.1. The molecule has 152 valence electrons. The number of carbonyl (C=O) groups excluding carboxylic acids is 2. The average molecular weight is 401 g/mol. The maximum absolute atomic E-state index is 13.3. The number of amides is 3. The van der Waals surface area contributed by atoms with Crippen LogP contribution in [0.4, 0.5) is 10.5 Å². The first kappa shape index (κ1) is 19.5. The van der Waals surface area contributed by atoms with Crippen molar-refractivity contribution in [2.45, 2.75) is 19.9 Å². The van der Waals surface area contributed by atoms with Crippen LogP contribution in [0.15, 0.2) is 78.0 Å². The number of hydrogen-bond donors (Lipinski definition) is 3. The molecule has 1 unspecified atom stereocenters. The highest BCUT2D eigenvalue weighted by Gasteiger charge is 2.34. The first-order chi connectivity index (χ1) is 14.6. The lowest BCUT2D eigenvalue weighted by Crippen LogP contribution is -2.46. The van der Waals surface area contributed by atoms with E-state index < -0.39 is 6.04 Å². The number of hydrogen-bond acceptors (Lipinski definition) is 3. The van der Waals surface area contributed by atoms with Crippen molar-refractivity contribution in [3.8, 4) is 5.75 Å². The van der Waals surface area contributed by atoms with Crippen molar-refractivity contribution in [2.75, 3.05) is 11.9 Å². The van der Waals surface area contributed by atoms with Gasteiger partial charge in [0, 0.05) is 16.9 Å². The van der Waals surface area contributed by atoms with Gasteiger partial charge in [0.15, 0.2) is 0 Å². The molecule has 6 nitrogen and oxygen atoms in total. The number of ether oxygens (including phenoxy) is 1. The fourth-order valence-corrected chi connectivity index (χ4v) is 3.79. The molecular formula is C24H23N3O3. The van der Waals surface area contributed by atoms with Gasteiger partial charge in [-0.05, 0) is 42.8 Å². The third kappa shape index (κ3) is 3.72. The van der Waals surface area contributed by atoms with Gasteiger partial charge in [-0.25, -0.2) is 4.79 Å². The number of urea groups is 1. The molecule has 3 aromatic carbocycles. The van der Waals surface area contributed by atoms with Crippen LogP contribution in [0.1, 0.15) is 25.5 Å². The second-order valence-corrected chi connectivity index (χ2v) is 7.02. The van der Waals surface area contributed by atoms with E-state index in [1.165, 1.54) is 0 Å². The number of anilines is 1. The Morgan fingerprint density at radius 3 is 2.53 bits per heavy atom. The van der Waals surface area contributed by atoms with E-state index in [0.717, 1.165) is 16.3 Å². The van der Waals surface area contributed by atoms with E-state index in [-0.39, 0.29) is 11.9 Å². The summed E-state index contributed by atoms with van der Waals surface area (Å²) in [6.07, 6.45) is 0. The Bertz CT molecular complexity index is 1140. The minimum absolute atomic E-state index is 0.286. The summed E-state index contributed by atoms with van der Waals surface area (Å²) in [5, 5.41) is 10.5. The minimum atomic E-state index is -0.657. The van der Waals surface area contributed by atoms with Gasteiger partial charge in [0.1, 0.15) is 5.75 Å². The number of nitrogens with one attached hydrogen (secondary N) is 3. The molecule has 1 aliphatic heterocycles. The molecule has 1 heterocycles. The Kier molecular flexibility index (Phi) is 5.39. The van der Waals surface area contributed by atoms with E-state index in [1.807, 2.05) is 73.7 Å². The van der Waals surface area contributed by atoms with Crippen LogP contribution in [0.25, 0.3) is 10.8 Å². The molecule has 0 fully saturated rings. The highest BCUT2D eigenvalue weighted by molar-refractivity contribution is 6.07. The number of allylic oxidation sites excluding steroid dienone is 1. The average Bonchev–Trinajstić information content (AvgIpc) is 2.74. The van der Waals surface area contributed by atoms with Crippen LogP contribution in [0.2, 0.25) is 0 Å². The summed E-state index contributed by atoms with van der Waals surface area (Å²) in [6.45, 7) is 4.11. The lowest BCUT2D eigenvalue weighted by molar-refractivity contribution is -0.113. The molecule has 1 aliphatic rings. The fourth-order valence-electron chi connectivity index (χ4n) is 3.79. The molecule has 0 bridgehead atoms. The summed E-state index contributed by atoms with van der Waals surface area (Å²) in [4.78, 5) is 25.6. The molecule has 30 heavy (non-hydrogen) atoms. The summed E-state index contributed by atoms with van der Waals surface area (Å²) in [7, 11) is 0. The third-order valence-corrected chi connectivity index (χ3v) is 5.06. The summed E-state index contributed by atoms with van der Waals surface area (Å²) in [5.74, 6) is 0.354. The number of fused-ring (bicyclic) bond motifs is 1. The van der Waals surface area contributed by atoms with Crippen molar-refractivity contribution in [1.29, 1.82) is 0 Å². The third-order valence-electron chi connectivity index (χ3n) is 5.06. The number of para-hydroxylation sites is 1. The van der Waals surface area contributed by atoms with Gasteiger partial charge in [-0.15, -0.1) is 0 Å². The van der Waals surface area contributed by atoms with Gasteiger partial charge < -0.3 is 20.7 Å². The topological polar surface area (TPSA) is 79.5 Å². The molecule has 6 heteroatoms. The van der Waals surface area contributed by atoms with Crippen molar-refractivity contribution in [3.63, 3.8) is 0 Å². The molecule has 0 radical (unpaired) electrons. The van der Waals surface area contributed by atoms with Gasteiger partial charge in [-0.1, -0.05) is 48.5 Å². The van der Waals surface area contributed by atoms with Crippen LogP contribution in [0.3, 0.4) is 0 Å². The Morgan fingerprint density at radius 1 is 1.03 bits per heavy atom. The van der Waals surface area contributed by atoms with E-state index in [0.29, 0.717) is 29.3 Å². The van der Waals surface area contributed by atoms with Gasteiger partial charge in [0.05, 0.1) is 18.2 Å². The molecule has 0 spiro atoms. The number of rotatable bonds is 5. The smallest absolute Gasteiger partial charge is 0.319 e. The van der Waals surface area contributed by atoms with Crippen molar-refractivity contribution in [2.24, 2.45) is 0 Å². The van der Waals surface area contributed by atoms with E-state index in [4.69, 9.17) is 4.74 Å². The molecule has 1 atom stereocenters. The van der Waals surface area contributed by atoms with Crippen LogP contribution in [0, 0.1) is 0 Å². The van der Waals surface area contributed by atoms with Crippen LogP contribution >= 0.6 is 0 Å². The van der Waals surface area contributed by atoms with Crippen molar-refractivity contribution in [3.05, 3.63) is 83.6 Å². The zero-order valence-electron chi connectivity index (χ0n) is 16.9. The number of carbonyl (C=O) groups is 2. The lowest BCUT2D eigenvalue weighted by atomic mass is 9.90. The molecule has 0 aliphatic carbocycles. The van der Waals surface area contributed by atoms with Gasteiger partial charge in [-0.2, -0.15) is 0 Å². The maximum atomic E-state index is 13.3. The number of benzene rings is 3. The Balaban J connectivity index is 1.85. The SMILES string of the molecule is CCOc1ccc2ccccc2c1C1NC(=O)NC(C)=C1C(=O)Nc1ccccc1. The minimum Gasteiger partial charge on any atom is -0.493 e. The molecular weight excluding hydrogens is 378 g/mol. The van der Waals surface area contributed by atoms with E-state index in [1.54, 1.807) is 6.92 Å². The van der Waals surface area contributed by atoms with Gasteiger partial charge >= 0.3 is 6.03 Å². The van der Waals surface area contributed by atoms with Gasteiger partial charge in [-0.3, -0.25) is 4.79 Å². The molecule has 0 saturated carbocycles. The summed E-state index contributed by atoms with van der Waals surface area (Å²) in [6, 6.07) is 20.0. The van der Waals surface area contributed by atoms with Crippen molar-refractivity contribution < 1.29 is 14.3 Å². The highest BCUT2D eigenvalue weighted by Crippen LogP contribution is 2.38. The Morgan fingerprint density at radius 2 is 1.77 bits per heavy atom. The van der Waals surface area contributed by atoms with Crippen LogP contribution < -0.4 is 20.7 Å². The Hall–Kier alpha value is -3.80. The standard InChI is InChI=1S/C24H23N3O3/c1-3-30-19-14-13-16-9-7-8-12-18(16)21(19)22-20(15(2)25-24(29)27-22)23(28)26-17-10-5-4-6-11-17/h4-14,22H,3H2,1-2H3,(H,26,28)(H2,25,27,29). The van der Waals surface area contributed by atoms with Crippen LogP contribution in [-0.4, -0.2) is 18.5 Å². The Labute approximate surface area is 174 Å². The molecule has 0 saturated heterocycles. The second kappa shape index (κ2) is 8.29. The van der Waals surface area contributed by atoms with Crippen LogP contribution in [-0.2, 0) is 4.79 Å². The molecule has 3 aromatic rings. The summed E-state index contributed by atoms with van der Waals surface area (Å²) < 4.78 is 5.89. The molecule has 4 rings (SSSR count). The van der Waals surface area contributed by atoms with E-state index in [2.05, 4.69) is 16.0 Å².